The van der Waals surface area contributed by atoms with Gasteiger partial charge in [-0.15, -0.1) is 11.3 Å². The number of rotatable bonds is 5. The van der Waals surface area contributed by atoms with Crippen molar-refractivity contribution >= 4 is 27.1 Å². The number of hydrogen-bond acceptors (Lipinski definition) is 6. The third kappa shape index (κ3) is 2.99. The van der Waals surface area contributed by atoms with Gasteiger partial charge < -0.3 is 9.64 Å². The van der Waals surface area contributed by atoms with Gasteiger partial charge in [0.25, 0.3) is 0 Å². The van der Waals surface area contributed by atoms with Gasteiger partial charge in [0, 0.05) is 30.3 Å². The summed E-state index contributed by atoms with van der Waals surface area (Å²) in [5, 5.41) is 2.96. The van der Waals surface area contributed by atoms with Gasteiger partial charge in [-0.25, -0.2) is 13.4 Å². The van der Waals surface area contributed by atoms with Crippen molar-refractivity contribution < 1.29 is 17.9 Å². The number of nitrogens with zero attached hydrogens (tertiary/aromatic N) is 2. The number of carbonyl (C=O) groups excluding carboxylic acids is 1. The molecule has 2 fully saturated rings. The molecular weight excluding hydrogens is 348 g/mol. The average Bonchev–Trinajstić information content (AvgIpc) is 2.98. The summed E-state index contributed by atoms with van der Waals surface area (Å²) in [6.07, 6.45) is 0.613. The van der Waals surface area contributed by atoms with Crippen molar-refractivity contribution in [2.24, 2.45) is 11.8 Å². The quantitative estimate of drug-likeness (QED) is 0.785. The minimum absolute atomic E-state index is 0.0281. The van der Waals surface area contributed by atoms with Gasteiger partial charge in [0.1, 0.15) is 4.75 Å². The fourth-order valence-corrected chi connectivity index (χ4v) is 6.61. The Balaban J connectivity index is 1.62. The Bertz CT molecular complexity index is 720. The summed E-state index contributed by atoms with van der Waals surface area (Å²) in [4.78, 5) is 18.1. The highest BCUT2D eigenvalue weighted by Crippen LogP contribution is 2.45. The lowest BCUT2D eigenvalue weighted by atomic mass is 9.83. The molecule has 0 aliphatic carbocycles. The van der Waals surface area contributed by atoms with Crippen LogP contribution in [0, 0.1) is 18.8 Å². The molecule has 0 saturated carbocycles. The first-order valence-corrected chi connectivity index (χ1v) is 10.8. The van der Waals surface area contributed by atoms with E-state index in [1.54, 1.807) is 16.2 Å². The topological polar surface area (TPSA) is 76.6 Å². The minimum Gasteiger partial charge on any atom is -0.375 e. The second-order valence-corrected chi connectivity index (χ2v) is 10.6. The standard InChI is InChI=1S/C16H24N2O4S2/c1-11(2)15(19)18-9-16(10-18)13(4-5-24(16,20)21)6-22-7-14-8-23-12(3)17-14/h8,11,13H,4-7,9-10H2,1-3H3/t13-/m0/s1. The van der Waals surface area contributed by atoms with Crippen molar-refractivity contribution in [2.45, 2.75) is 38.5 Å². The molecule has 0 bridgehead atoms. The number of carbonyl (C=O) groups is 1. The summed E-state index contributed by atoms with van der Waals surface area (Å²) in [6, 6.07) is 0. The van der Waals surface area contributed by atoms with E-state index in [1.807, 2.05) is 26.2 Å². The lowest BCUT2D eigenvalue weighted by molar-refractivity contribution is -0.141. The number of amides is 1. The van der Waals surface area contributed by atoms with Crippen molar-refractivity contribution in [3.63, 3.8) is 0 Å². The first-order chi connectivity index (χ1) is 11.2. The van der Waals surface area contributed by atoms with Crippen LogP contribution in [0.15, 0.2) is 5.38 Å². The van der Waals surface area contributed by atoms with Gasteiger partial charge in [-0.3, -0.25) is 4.79 Å². The summed E-state index contributed by atoms with van der Waals surface area (Å²) in [5.41, 5.74) is 0.887. The lowest BCUT2D eigenvalue weighted by Crippen LogP contribution is -2.69. The van der Waals surface area contributed by atoms with Crippen LogP contribution in [-0.2, 0) is 26.0 Å². The molecule has 0 N–H and O–H groups in total. The van der Waals surface area contributed by atoms with Crippen LogP contribution >= 0.6 is 11.3 Å². The maximum absolute atomic E-state index is 12.5. The molecule has 3 heterocycles. The molecule has 2 saturated heterocycles. The fourth-order valence-electron chi connectivity index (χ4n) is 3.61. The Kier molecular flexibility index (Phi) is 4.74. The van der Waals surface area contributed by atoms with E-state index in [-0.39, 0.29) is 23.5 Å². The Hall–Kier alpha value is -0.990. The number of sulfone groups is 1. The molecule has 24 heavy (non-hydrogen) atoms. The van der Waals surface area contributed by atoms with Crippen molar-refractivity contribution in [3.8, 4) is 0 Å². The zero-order valence-electron chi connectivity index (χ0n) is 14.3. The second-order valence-electron chi connectivity index (χ2n) is 7.09. The van der Waals surface area contributed by atoms with E-state index >= 15 is 0 Å². The number of thiazole rings is 1. The van der Waals surface area contributed by atoms with Crippen LogP contribution in [0.25, 0.3) is 0 Å². The Morgan fingerprint density at radius 3 is 2.79 bits per heavy atom. The summed E-state index contributed by atoms with van der Waals surface area (Å²) in [6.45, 7) is 7.07. The van der Waals surface area contributed by atoms with Crippen molar-refractivity contribution in [3.05, 3.63) is 16.1 Å². The SMILES string of the molecule is Cc1nc(COC[C@@H]2CCS(=O)(=O)C23CN(C(=O)C(C)C)C3)cs1. The van der Waals surface area contributed by atoms with E-state index in [4.69, 9.17) is 4.74 Å². The predicted octanol–water partition coefficient (Wildman–Crippen LogP) is 1.64. The van der Waals surface area contributed by atoms with E-state index in [0.717, 1.165) is 10.7 Å². The first kappa shape index (κ1) is 17.8. The molecule has 1 aromatic rings. The van der Waals surface area contributed by atoms with Crippen LogP contribution in [-0.4, -0.2) is 54.4 Å². The summed E-state index contributed by atoms with van der Waals surface area (Å²) >= 11 is 1.58. The number of hydrogen-bond donors (Lipinski definition) is 0. The highest BCUT2D eigenvalue weighted by molar-refractivity contribution is 7.93. The van der Waals surface area contributed by atoms with Gasteiger partial charge in [0.05, 0.1) is 29.7 Å². The molecule has 0 radical (unpaired) electrons. The maximum Gasteiger partial charge on any atom is 0.225 e. The third-order valence-corrected chi connectivity index (χ3v) is 8.48. The smallest absolute Gasteiger partial charge is 0.225 e. The number of aromatic nitrogens is 1. The number of ether oxygens (including phenoxy) is 1. The monoisotopic (exact) mass is 372 g/mol. The van der Waals surface area contributed by atoms with E-state index in [2.05, 4.69) is 4.98 Å². The summed E-state index contributed by atoms with van der Waals surface area (Å²) < 4.78 is 30.1. The molecule has 8 heteroatoms. The van der Waals surface area contributed by atoms with Crippen molar-refractivity contribution in [2.75, 3.05) is 25.4 Å². The molecule has 1 aromatic heterocycles. The van der Waals surface area contributed by atoms with Crippen LogP contribution < -0.4 is 0 Å². The third-order valence-electron chi connectivity index (χ3n) is 5.06. The van der Waals surface area contributed by atoms with Gasteiger partial charge in [0.2, 0.25) is 5.91 Å². The van der Waals surface area contributed by atoms with E-state index in [0.29, 0.717) is 32.7 Å². The zero-order chi connectivity index (χ0) is 17.5. The van der Waals surface area contributed by atoms with E-state index < -0.39 is 14.6 Å². The van der Waals surface area contributed by atoms with Crippen molar-refractivity contribution in [1.82, 2.24) is 9.88 Å². The van der Waals surface area contributed by atoms with Gasteiger partial charge in [-0.05, 0) is 13.3 Å². The molecule has 6 nitrogen and oxygen atoms in total. The molecule has 2 aliphatic rings. The normalized spacial score (nSPS) is 24.5. The van der Waals surface area contributed by atoms with E-state index in [1.165, 1.54) is 0 Å². The summed E-state index contributed by atoms with van der Waals surface area (Å²) in [7, 11) is -3.17. The molecular formula is C16H24N2O4S2. The van der Waals surface area contributed by atoms with Gasteiger partial charge in [0.15, 0.2) is 9.84 Å². The highest BCUT2D eigenvalue weighted by Gasteiger charge is 2.62. The minimum atomic E-state index is -3.17. The Labute approximate surface area is 147 Å². The predicted molar refractivity (Wildman–Crippen MR) is 92.5 cm³/mol. The van der Waals surface area contributed by atoms with Crippen LogP contribution in [0.2, 0.25) is 0 Å². The molecule has 134 valence electrons. The van der Waals surface area contributed by atoms with Crippen molar-refractivity contribution in [1.29, 1.82) is 0 Å². The fraction of sp³-hybridized carbons (Fsp3) is 0.750. The Morgan fingerprint density at radius 2 is 2.21 bits per heavy atom. The van der Waals surface area contributed by atoms with Crippen LogP contribution in [0.5, 0.6) is 0 Å². The van der Waals surface area contributed by atoms with Crippen LogP contribution in [0.4, 0.5) is 0 Å². The average molecular weight is 373 g/mol. The van der Waals surface area contributed by atoms with Gasteiger partial charge in [-0.1, -0.05) is 13.8 Å². The second kappa shape index (κ2) is 6.38. The molecule has 2 aliphatic heterocycles. The number of likely N-dealkylation sites (tertiary alicyclic amines) is 1. The molecule has 0 unspecified atom stereocenters. The Morgan fingerprint density at radius 1 is 1.50 bits per heavy atom. The number of aryl methyl sites for hydroxylation is 1. The molecule has 1 amide bonds. The molecule has 0 aromatic carbocycles. The van der Waals surface area contributed by atoms with Gasteiger partial charge in [-0.2, -0.15) is 0 Å². The van der Waals surface area contributed by atoms with Gasteiger partial charge >= 0.3 is 0 Å². The molecule has 1 atom stereocenters. The lowest BCUT2D eigenvalue weighted by Gasteiger charge is -2.50. The molecule has 1 spiro atoms. The first-order valence-electron chi connectivity index (χ1n) is 8.25. The summed E-state index contributed by atoms with van der Waals surface area (Å²) in [5.74, 6) is 0.0773. The zero-order valence-corrected chi connectivity index (χ0v) is 16.0. The maximum atomic E-state index is 12.5. The van der Waals surface area contributed by atoms with Crippen LogP contribution in [0.1, 0.15) is 31.0 Å². The van der Waals surface area contributed by atoms with E-state index in [9.17, 15) is 13.2 Å². The largest absolute Gasteiger partial charge is 0.375 e. The van der Waals surface area contributed by atoms with Crippen LogP contribution in [0.3, 0.4) is 0 Å². The molecule has 3 rings (SSSR count). The highest BCUT2D eigenvalue weighted by atomic mass is 32.2.